The quantitative estimate of drug-likeness (QED) is 0.345. The van der Waals surface area contributed by atoms with Crippen LogP contribution in [0.25, 0.3) is 5.65 Å². The van der Waals surface area contributed by atoms with Gasteiger partial charge in [0.25, 0.3) is 5.91 Å². The molecule has 2 aromatic heterocycles. The van der Waals surface area contributed by atoms with Crippen LogP contribution in [0.1, 0.15) is 23.2 Å². The number of rotatable bonds is 7. The van der Waals surface area contributed by atoms with Crippen molar-refractivity contribution in [1.82, 2.24) is 19.9 Å². The maximum Gasteiger partial charge on any atom is 0.256 e. The average molecular weight is 358 g/mol. The van der Waals surface area contributed by atoms with E-state index in [-0.39, 0.29) is 25.1 Å². The highest BCUT2D eigenvalue weighted by molar-refractivity contribution is 6.04. The Hall–Kier alpha value is -3.14. The van der Waals surface area contributed by atoms with E-state index in [0.717, 1.165) is 12.8 Å². The monoisotopic (exact) mass is 358 g/mol. The Morgan fingerprint density at radius 1 is 1.54 bits per heavy atom. The van der Waals surface area contributed by atoms with E-state index < -0.39 is 0 Å². The first kappa shape index (κ1) is 17.7. The highest BCUT2D eigenvalue weighted by Crippen LogP contribution is 2.22. The van der Waals surface area contributed by atoms with E-state index in [1.165, 1.54) is 12.4 Å². The maximum atomic E-state index is 12.4. The number of nitrogens with two attached hydrogens (primary N) is 1. The van der Waals surface area contributed by atoms with Gasteiger partial charge < -0.3 is 26.8 Å². The fourth-order valence-electron chi connectivity index (χ4n) is 2.38. The topological polar surface area (TPSA) is 142 Å². The van der Waals surface area contributed by atoms with Crippen LogP contribution in [0.4, 0.5) is 11.6 Å². The molecule has 10 heteroatoms. The van der Waals surface area contributed by atoms with Crippen molar-refractivity contribution in [2.45, 2.75) is 18.9 Å². The standard InChI is InChI=1S/C16H22N8O2/c1-18-14-8-13(22-12(4-5-17)19-6-7-25)23-15-11(9-20-24(14)15)16(26)21-10-2-3-10/h4-5,8-10,18,25H,2-3,6-7,17H2,1H3,(H,21,26)(H,19,22,23). The third kappa shape index (κ3) is 3.91. The molecular formula is C16H22N8O2. The molecule has 0 unspecified atom stereocenters. The lowest BCUT2D eigenvalue weighted by molar-refractivity contribution is 0.0952. The minimum absolute atomic E-state index is 0.0775. The van der Waals surface area contributed by atoms with Gasteiger partial charge in [-0.1, -0.05) is 0 Å². The van der Waals surface area contributed by atoms with Crippen LogP contribution in [0, 0.1) is 0 Å². The number of aliphatic hydroxyl groups is 1. The Labute approximate surface area is 150 Å². The summed E-state index contributed by atoms with van der Waals surface area (Å²) in [5.74, 6) is 1.38. The van der Waals surface area contributed by atoms with Gasteiger partial charge in [0.1, 0.15) is 23.0 Å². The molecule has 3 rings (SSSR count). The molecule has 0 saturated heterocycles. The highest BCUT2D eigenvalue weighted by atomic mass is 16.3. The summed E-state index contributed by atoms with van der Waals surface area (Å²) in [5, 5.41) is 22.2. The van der Waals surface area contributed by atoms with Gasteiger partial charge in [0.2, 0.25) is 0 Å². The predicted octanol–water partition coefficient (Wildman–Crippen LogP) is -0.0617. The van der Waals surface area contributed by atoms with Crippen molar-refractivity contribution in [3.63, 3.8) is 0 Å². The molecule has 1 amide bonds. The zero-order valence-corrected chi connectivity index (χ0v) is 14.4. The Bertz CT molecular complexity index is 853. The first-order valence-corrected chi connectivity index (χ1v) is 8.34. The number of aromatic nitrogens is 3. The van der Waals surface area contributed by atoms with Gasteiger partial charge in [-0.3, -0.25) is 9.79 Å². The minimum Gasteiger partial charge on any atom is -0.404 e. The molecule has 1 aliphatic rings. The number of amides is 1. The number of hydrogen-bond acceptors (Lipinski definition) is 7. The fourth-order valence-corrected chi connectivity index (χ4v) is 2.38. The molecule has 0 spiro atoms. The van der Waals surface area contributed by atoms with Crippen molar-refractivity contribution >= 4 is 29.0 Å². The van der Waals surface area contributed by atoms with Gasteiger partial charge in [-0.2, -0.15) is 9.61 Å². The van der Waals surface area contributed by atoms with E-state index in [1.54, 1.807) is 23.7 Å². The van der Waals surface area contributed by atoms with Crippen molar-refractivity contribution in [2.24, 2.45) is 10.7 Å². The summed E-state index contributed by atoms with van der Waals surface area (Å²) in [6.45, 7) is 0.154. The minimum atomic E-state index is -0.190. The molecule has 1 fully saturated rings. The van der Waals surface area contributed by atoms with E-state index in [9.17, 15) is 4.79 Å². The van der Waals surface area contributed by atoms with Crippen molar-refractivity contribution in [1.29, 1.82) is 0 Å². The molecule has 0 atom stereocenters. The average Bonchev–Trinajstić information content (AvgIpc) is 3.34. The summed E-state index contributed by atoms with van der Waals surface area (Å²) < 4.78 is 1.57. The van der Waals surface area contributed by atoms with Gasteiger partial charge in [-0.25, -0.2) is 4.98 Å². The first-order chi connectivity index (χ1) is 12.7. The van der Waals surface area contributed by atoms with E-state index >= 15 is 0 Å². The van der Waals surface area contributed by atoms with Crippen LogP contribution < -0.4 is 21.7 Å². The first-order valence-electron chi connectivity index (χ1n) is 8.34. The molecule has 1 saturated carbocycles. The van der Waals surface area contributed by atoms with Crippen LogP contribution >= 0.6 is 0 Å². The second-order valence-electron chi connectivity index (χ2n) is 5.79. The van der Waals surface area contributed by atoms with Gasteiger partial charge in [0.05, 0.1) is 19.3 Å². The van der Waals surface area contributed by atoms with Gasteiger partial charge >= 0.3 is 0 Å². The summed E-state index contributed by atoms with van der Waals surface area (Å²) in [6.07, 6.45) is 6.42. The third-order valence-corrected chi connectivity index (χ3v) is 3.78. The number of fused-ring (bicyclic) bond motifs is 1. The van der Waals surface area contributed by atoms with Crippen LogP contribution in [0.15, 0.2) is 29.5 Å². The lowest BCUT2D eigenvalue weighted by Crippen LogP contribution is -2.25. The number of amidine groups is 1. The number of aliphatic imine (C=N–C) groups is 1. The molecule has 2 heterocycles. The van der Waals surface area contributed by atoms with E-state index in [4.69, 9.17) is 10.8 Å². The molecule has 0 aliphatic heterocycles. The Morgan fingerprint density at radius 3 is 3.00 bits per heavy atom. The van der Waals surface area contributed by atoms with Gasteiger partial charge in [0, 0.05) is 19.2 Å². The van der Waals surface area contributed by atoms with Crippen LogP contribution in [0.5, 0.6) is 0 Å². The summed E-state index contributed by atoms with van der Waals surface area (Å²) in [5.41, 5.74) is 6.27. The van der Waals surface area contributed by atoms with E-state index in [1.807, 2.05) is 0 Å². The number of hydrogen-bond donors (Lipinski definition) is 5. The summed E-state index contributed by atoms with van der Waals surface area (Å²) >= 11 is 0. The largest absolute Gasteiger partial charge is 0.404 e. The Balaban J connectivity index is 1.96. The van der Waals surface area contributed by atoms with Crippen molar-refractivity contribution < 1.29 is 9.90 Å². The van der Waals surface area contributed by atoms with Gasteiger partial charge in [0.15, 0.2) is 5.65 Å². The van der Waals surface area contributed by atoms with Crippen molar-refractivity contribution in [3.05, 3.63) is 30.1 Å². The molecule has 0 bridgehead atoms. The number of anilines is 2. The Kier molecular flexibility index (Phi) is 5.32. The lowest BCUT2D eigenvalue weighted by Gasteiger charge is -2.10. The molecule has 1 aliphatic carbocycles. The summed E-state index contributed by atoms with van der Waals surface area (Å²) in [4.78, 5) is 21.1. The van der Waals surface area contributed by atoms with Crippen LogP contribution in [0.3, 0.4) is 0 Å². The molecule has 10 nitrogen and oxygen atoms in total. The maximum absolute atomic E-state index is 12.4. The number of carbonyl (C=O) groups excluding carboxylic acids is 1. The number of carbonyl (C=O) groups is 1. The van der Waals surface area contributed by atoms with E-state index in [2.05, 4.69) is 31.0 Å². The van der Waals surface area contributed by atoms with Crippen molar-refractivity contribution in [3.8, 4) is 0 Å². The summed E-state index contributed by atoms with van der Waals surface area (Å²) in [6, 6.07) is 1.98. The smallest absolute Gasteiger partial charge is 0.256 e. The zero-order valence-electron chi connectivity index (χ0n) is 14.4. The normalized spacial score (nSPS) is 14.8. The molecule has 6 N–H and O–H groups in total. The number of nitrogens with one attached hydrogen (secondary N) is 3. The molecule has 0 radical (unpaired) electrons. The Morgan fingerprint density at radius 2 is 2.35 bits per heavy atom. The van der Waals surface area contributed by atoms with Crippen LogP contribution in [-0.2, 0) is 0 Å². The second kappa shape index (κ2) is 7.83. The SMILES string of the molecule is CNc1cc(NC(C=CN)=NCCO)nc2c(C(=O)NC3CC3)cnn12. The number of aliphatic hydroxyl groups excluding tert-OH is 1. The van der Waals surface area contributed by atoms with Crippen LogP contribution in [0.2, 0.25) is 0 Å². The van der Waals surface area contributed by atoms with Crippen LogP contribution in [-0.4, -0.2) is 57.7 Å². The molecular weight excluding hydrogens is 336 g/mol. The molecule has 2 aromatic rings. The third-order valence-electron chi connectivity index (χ3n) is 3.78. The molecule has 138 valence electrons. The zero-order chi connectivity index (χ0) is 18.5. The number of nitrogens with zero attached hydrogens (tertiary/aromatic N) is 4. The molecule has 0 aromatic carbocycles. The van der Waals surface area contributed by atoms with Crippen molar-refractivity contribution in [2.75, 3.05) is 30.8 Å². The highest BCUT2D eigenvalue weighted by Gasteiger charge is 2.26. The van der Waals surface area contributed by atoms with Gasteiger partial charge in [-0.15, -0.1) is 0 Å². The molecule has 26 heavy (non-hydrogen) atoms. The summed E-state index contributed by atoms with van der Waals surface area (Å²) in [7, 11) is 1.75. The predicted molar refractivity (Wildman–Crippen MR) is 99.4 cm³/mol. The van der Waals surface area contributed by atoms with E-state index in [0.29, 0.717) is 28.7 Å². The second-order valence-corrected chi connectivity index (χ2v) is 5.79. The van der Waals surface area contributed by atoms with Gasteiger partial charge in [-0.05, 0) is 25.1 Å². The fraction of sp³-hybridized carbons (Fsp3) is 0.375. The lowest BCUT2D eigenvalue weighted by atomic mass is 10.3.